The Hall–Kier alpha value is -1.55. The highest BCUT2D eigenvalue weighted by Crippen LogP contribution is 2.35. The topological polar surface area (TPSA) is 21.3 Å². The van der Waals surface area contributed by atoms with Gasteiger partial charge in [-0.25, -0.2) is 0 Å². The van der Waals surface area contributed by atoms with Crippen LogP contribution < -0.4 is 10.1 Å². The molecule has 0 saturated carbocycles. The second-order valence-electron chi connectivity index (χ2n) is 4.76. The molecular weight excluding hydrogens is 302 g/mol. The van der Waals surface area contributed by atoms with Crippen LogP contribution in [0, 0.1) is 0 Å². The molecule has 0 aliphatic rings. The van der Waals surface area contributed by atoms with E-state index in [1.807, 2.05) is 43.4 Å². The molecule has 108 valence electrons. The Morgan fingerprint density at radius 1 is 1.10 bits per heavy atom. The Bertz CT molecular complexity index is 753. The molecule has 0 spiro atoms. The maximum absolute atomic E-state index is 6.44. The minimum atomic E-state index is 0.499. The van der Waals surface area contributed by atoms with E-state index in [0.717, 1.165) is 33.1 Å². The van der Waals surface area contributed by atoms with Crippen LogP contribution in [-0.2, 0) is 13.2 Å². The molecule has 0 aliphatic heterocycles. The molecule has 2 aromatic carbocycles. The third-order valence-electron chi connectivity index (χ3n) is 3.30. The molecule has 0 atom stereocenters. The molecule has 1 heterocycles. The minimum absolute atomic E-state index is 0.499. The van der Waals surface area contributed by atoms with Crippen LogP contribution in [0.5, 0.6) is 5.75 Å². The molecule has 0 saturated heterocycles. The third-order valence-corrected chi connectivity index (χ3v) is 4.99. The van der Waals surface area contributed by atoms with Gasteiger partial charge in [-0.3, -0.25) is 0 Å². The van der Waals surface area contributed by atoms with Gasteiger partial charge in [-0.15, -0.1) is 11.3 Å². The molecular formula is C17H16ClNOS. The van der Waals surface area contributed by atoms with Gasteiger partial charge < -0.3 is 10.1 Å². The van der Waals surface area contributed by atoms with E-state index < -0.39 is 0 Å². The number of hydrogen-bond acceptors (Lipinski definition) is 3. The van der Waals surface area contributed by atoms with Gasteiger partial charge in [0.05, 0.1) is 9.90 Å². The number of fused-ring (bicyclic) bond motifs is 1. The Morgan fingerprint density at radius 2 is 1.86 bits per heavy atom. The van der Waals surface area contributed by atoms with Gasteiger partial charge in [-0.1, -0.05) is 48.0 Å². The fourth-order valence-electron chi connectivity index (χ4n) is 2.28. The lowest BCUT2D eigenvalue weighted by Gasteiger charge is -2.10. The van der Waals surface area contributed by atoms with Crippen molar-refractivity contribution < 1.29 is 4.74 Å². The van der Waals surface area contributed by atoms with Gasteiger partial charge in [0.1, 0.15) is 12.4 Å². The van der Waals surface area contributed by atoms with Crippen molar-refractivity contribution in [1.82, 2.24) is 5.32 Å². The molecule has 0 amide bonds. The standard InChI is InChI=1S/C17H16ClNOS/c1-19-10-12-6-2-4-8-14(12)20-11-16-17(18)13-7-3-5-9-15(13)21-16/h2-9,19H,10-11H2,1H3. The number of para-hydroxylation sites is 1. The van der Waals surface area contributed by atoms with Crippen molar-refractivity contribution in [3.63, 3.8) is 0 Å². The van der Waals surface area contributed by atoms with Crippen molar-refractivity contribution in [3.05, 3.63) is 64.0 Å². The lowest BCUT2D eigenvalue weighted by Crippen LogP contribution is -2.07. The van der Waals surface area contributed by atoms with Crippen LogP contribution in [0.4, 0.5) is 0 Å². The predicted molar refractivity (Wildman–Crippen MR) is 90.4 cm³/mol. The zero-order valence-electron chi connectivity index (χ0n) is 11.7. The zero-order valence-corrected chi connectivity index (χ0v) is 13.3. The fraction of sp³-hybridized carbons (Fsp3) is 0.176. The second kappa shape index (κ2) is 6.48. The fourth-order valence-corrected chi connectivity index (χ4v) is 3.68. The summed E-state index contributed by atoms with van der Waals surface area (Å²) in [6.07, 6.45) is 0. The first-order chi connectivity index (χ1) is 10.3. The van der Waals surface area contributed by atoms with Crippen molar-refractivity contribution in [3.8, 4) is 5.75 Å². The van der Waals surface area contributed by atoms with Gasteiger partial charge in [-0.2, -0.15) is 0 Å². The molecule has 1 aromatic heterocycles. The highest BCUT2D eigenvalue weighted by Gasteiger charge is 2.11. The summed E-state index contributed by atoms with van der Waals surface area (Å²) < 4.78 is 7.17. The molecule has 0 aliphatic carbocycles. The molecule has 3 aromatic rings. The molecule has 0 fully saturated rings. The van der Waals surface area contributed by atoms with Gasteiger partial charge in [0, 0.05) is 22.2 Å². The quantitative estimate of drug-likeness (QED) is 0.726. The first kappa shape index (κ1) is 14.4. The van der Waals surface area contributed by atoms with E-state index in [1.165, 1.54) is 4.70 Å². The smallest absolute Gasteiger partial charge is 0.124 e. The number of rotatable bonds is 5. The molecule has 21 heavy (non-hydrogen) atoms. The number of hydrogen-bond donors (Lipinski definition) is 1. The monoisotopic (exact) mass is 317 g/mol. The van der Waals surface area contributed by atoms with Gasteiger partial charge in [0.25, 0.3) is 0 Å². The molecule has 2 nitrogen and oxygen atoms in total. The lowest BCUT2D eigenvalue weighted by atomic mass is 10.2. The van der Waals surface area contributed by atoms with Crippen LogP contribution in [0.25, 0.3) is 10.1 Å². The summed E-state index contributed by atoms with van der Waals surface area (Å²) in [6, 6.07) is 16.2. The van der Waals surface area contributed by atoms with Gasteiger partial charge in [0.2, 0.25) is 0 Å². The summed E-state index contributed by atoms with van der Waals surface area (Å²) in [5.41, 5.74) is 1.15. The van der Waals surface area contributed by atoms with Gasteiger partial charge in [0.15, 0.2) is 0 Å². The summed E-state index contributed by atoms with van der Waals surface area (Å²) in [4.78, 5) is 1.07. The van der Waals surface area contributed by atoms with E-state index >= 15 is 0 Å². The van der Waals surface area contributed by atoms with Crippen molar-refractivity contribution in [2.24, 2.45) is 0 Å². The molecule has 0 unspecified atom stereocenters. The molecule has 4 heteroatoms. The Kier molecular flexibility index (Phi) is 4.44. The summed E-state index contributed by atoms with van der Waals surface area (Å²) in [5.74, 6) is 0.903. The first-order valence-electron chi connectivity index (χ1n) is 6.81. The number of halogens is 1. The van der Waals surface area contributed by atoms with Crippen LogP contribution in [0.2, 0.25) is 5.02 Å². The van der Waals surface area contributed by atoms with Crippen molar-refractivity contribution in [2.75, 3.05) is 7.05 Å². The van der Waals surface area contributed by atoms with Crippen LogP contribution in [0.1, 0.15) is 10.4 Å². The Morgan fingerprint density at radius 3 is 2.67 bits per heavy atom. The van der Waals surface area contributed by atoms with Crippen molar-refractivity contribution in [1.29, 1.82) is 0 Å². The van der Waals surface area contributed by atoms with E-state index in [1.54, 1.807) is 11.3 Å². The maximum Gasteiger partial charge on any atom is 0.124 e. The van der Waals surface area contributed by atoms with E-state index in [2.05, 4.69) is 17.4 Å². The van der Waals surface area contributed by atoms with Crippen LogP contribution >= 0.6 is 22.9 Å². The lowest BCUT2D eigenvalue weighted by molar-refractivity contribution is 0.306. The van der Waals surface area contributed by atoms with Crippen molar-refractivity contribution >= 4 is 33.0 Å². The van der Waals surface area contributed by atoms with E-state index in [9.17, 15) is 0 Å². The van der Waals surface area contributed by atoms with E-state index in [0.29, 0.717) is 6.61 Å². The Balaban J connectivity index is 1.82. The highest BCUT2D eigenvalue weighted by molar-refractivity contribution is 7.19. The van der Waals surface area contributed by atoms with Gasteiger partial charge in [-0.05, 0) is 19.2 Å². The zero-order chi connectivity index (χ0) is 14.7. The number of nitrogens with one attached hydrogen (secondary N) is 1. The van der Waals surface area contributed by atoms with E-state index in [-0.39, 0.29) is 0 Å². The normalized spacial score (nSPS) is 11.0. The largest absolute Gasteiger partial charge is 0.488 e. The summed E-state index contributed by atoms with van der Waals surface area (Å²) in [5, 5.41) is 5.06. The molecule has 0 radical (unpaired) electrons. The van der Waals surface area contributed by atoms with Crippen LogP contribution in [0.3, 0.4) is 0 Å². The van der Waals surface area contributed by atoms with Gasteiger partial charge >= 0.3 is 0 Å². The average Bonchev–Trinajstić information content (AvgIpc) is 2.84. The molecule has 0 bridgehead atoms. The third kappa shape index (κ3) is 3.05. The maximum atomic E-state index is 6.44. The highest BCUT2D eigenvalue weighted by atomic mass is 35.5. The van der Waals surface area contributed by atoms with E-state index in [4.69, 9.17) is 16.3 Å². The summed E-state index contributed by atoms with van der Waals surface area (Å²) >= 11 is 8.13. The number of ether oxygens (including phenoxy) is 1. The Labute approximate surface area is 133 Å². The SMILES string of the molecule is CNCc1ccccc1OCc1sc2ccccc2c1Cl. The average molecular weight is 318 g/mol. The predicted octanol–water partition coefficient (Wildman–Crippen LogP) is 4.85. The van der Waals surface area contributed by atoms with Crippen molar-refractivity contribution in [2.45, 2.75) is 13.2 Å². The summed E-state index contributed by atoms with van der Waals surface area (Å²) in [7, 11) is 1.93. The molecule has 1 N–H and O–H groups in total. The molecule has 3 rings (SSSR count). The van der Waals surface area contributed by atoms with Crippen LogP contribution in [-0.4, -0.2) is 7.05 Å². The second-order valence-corrected chi connectivity index (χ2v) is 6.28. The number of benzene rings is 2. The van der Waals surface area contributed by atoms with Crippen LogP contribution in [0.15, 0.2) is 48.5 Å². The minimum Gasteiger partial charge on any atom is -0.488 e. The first-order valence-corrected chi connectivity index (χ1v) is 8.00. The number of thiophene rings is 1. The summed E-state index contributed by atoms with van der Waals surface area (Å²) in [6.45, 7) is 1.29.